The average molecular weight is 444 g/mol. The summed E-state index contributed by atoms with van der Waals surface area (Å²) in [5, 5.41) is 0. The van der Waals surface area contributed by atoms with Crippen LogP contribution in [0, 0.1) is 19.3 Å². The Bertz CT molecular complexity index is 796. The molecule has 0 aliphatic carbocycles. The van der Waals surface area contributed by atoms with E-state index in [1.54, 1.807) is 18.7 Å². The van der Waals surface area contributed by atoms with E-state index in [-0.39, 0.29) is 0 Å². The number of hydrogen-bond acceptors (Lipinski definition) is 2. The summed E-state index contributed by atoms with van der Waals surface area (Å²) in [6.07, 6.45) is 2.32. The Labute approximate surface area is 171 Å². The van der Waals surface area contributed by atoms with E-state index in [1.165, 1.54) is 22.6 Å². The molecule has 0 nitrogen and oxygen atoms in total. The van der Waals surface area contributed by atoms with Crippen LogP contribution in [0.25, 0.3) is 0 Å². The van der Waals surface area contributed by atoms with E-state index < -0.39 is 0 Å². The maximum absolute atomic E-state index is 2.35. The van der Waals surface area contributed by atoms with Crippen molar-refractivity contribution in [1.29, 1.82) is 0 Å². The molecule has 0 atom stereocenters. The van der Waals surface area contributed by atoms with E-state index in [2.05, 4.69) is 98.0 Å². The fraction of sp³-hybridized carbons (Fsp3) is 0.304. The van der Waals surface area contributed by atoms with Crippen LogP contribution in [0.1, 0.15) is 20.0 Å². The van der Waals surface area contributed by atoms with Crippen molar-refractivity contribution in [2.75, 3.05) is 11.5 Å². The molecule has 0 bridgehead atoms. The van der Waals surface area contributed by atoms with Crippen molar-refractivity contribution in [2.24, 2.45) is 5.41 Å². The van der Waals surface area contributed by atoms with E-state index in [9.17, 15) is 0 Å². The molecular formula is C23H24S2Se. The van der Waals surface area contributed by atoms with Crippen LogP contribution in [0.15, 0.2) is 70.5 Å². The number of aryl methyl sites for hydroxylation is 2. The summed E-state index contributed by atoms with van der Waals surface area (Å²) in [6, 6.07) is 22.2. The quantitative estimate of drug-likeness (QED) is 0.452. The van der Waals surface area contributed by atoms with Crippen LogP contribution in [0.2, 0.25) is 0 Å². The van der Waals surface area contributed by atoms with E-state index in [0.29, 0.717) is 19.9 Å². The van der Waals surface area contributed by atoms with Gasteiger partial charge in [0.2, 0.25) is 0 Å². The number of fused-ring (bicyclic) bond motifs is 1. The first-order valence-electron chi connectivity index (χ1n) is 9.09. The van der Waals surface area contributed by atoms with E-state index >= 15 is 0 Å². The Hall–Kier alpha value is -0.861. The van der Waals surface area contributed by atoms with Crippen LogP contribution in [-0.4, -0.2) is 26.0 Å². The van der Waals surface area contributed by atoms with Crippen molar-refractivity contribution in [3.63, 3.8) is 0 Å². The Morgan fingerprint density at radius 3 is 1.58 bits per heavy atom. The molecule has 3 aromatic rings. The van der Waals surface area contributed by atoms with Crippen molar-refractivity contribution >= 4 is 38.0 Å². The molecule has 0 spiro atoms. The van der Waals surface area contributed by atoms with Gasteiger partial charge in [-0.15, -0.1) is 0 Å². The van der Waals surface area contributed by atoms with Crippen molar-refractivity contribution < 1.29 is 0 Å². The normalized spacial score (nSPS) is 16.1. The summed E-state index contributed by atoms with van der Waals surface area (Å²) < 4.78 is 3.27. The zero-order chi connectivity index (χ0) is 18.0. The van der Waals surface area contributed by atoms with Gasteiger partial charge in [-0.3, -0.25) is 0 Å². The fourth-order valence-electron chi connectivity index (χ4n) is 3.79. The fourth-order valence-corrected chi connectivity index (χ4v) is 10.0. The summed E-state index contributed by atoms with van der Waals surface area (Å²) >= 11 is 4.84. The number of benzene rings is 2. The second kappa shape index (κ2) is 8.02. The van der Waals surface area contributed by atoms with E-state index in [0.717, 1.165) is 12.8 Å². The molecule has 4 rings (SSSR count). The topological polar surface area (TPSA) is 0 Å². The van der Waals surface area contributed by atoms with Crippen LogP contribution >= 0.6 is 23.5 Å². The van der Waals surface area contributed by atoms with Crippen LogP contribution in [0.3, 0.4) is 0 Å². The predicted octanol–water partition coefficient (Wildman–Crippen LogP) is 6.03. The first-order chi connectivity index (χ1) is 12.7. The Kier molecular flexibility index (Phi) is 5.71. The van der Waals surface area contributed by atoms with Crippen molar-refractivity contribution in [3.8, 4) is 0 Å². The molecule has 0 fully saturated rings. The van der Waals surface area contributed by atoms with Gasteiger partial charge in [0.15, 0.2) is 0 Å². The first-order valence-corrected chi connectivity index (χ1v) is 12.8. The Morgan fingerprint density at radius 2 is 1.15 bits per heavy atom. The monoisotopic (exact) mass is 444 g/mol. The Balaban J connectivity index is 1.66. The zero-order valence-corrected chi connectivity index (χ0v) is 18.7. The third-order valence-electron chi connectivity index (χ3n) is 5.04. The molecule has 0 radical (unpaired) electrons. The third kappa shape index (κ3) is 4.02. The third-order valence-corrected chi connectivity index (χ3v) is 11.0. The van der Waals surface area contributed by atoms with Gasteiger partial charge in [-0.05, 0) is 0 Å². The molecule has 0 saturated carbocycles. The van der Waals surface area contributed by atoms with Gasteiger partial charge >= 0.3 is 172 Å². The second-order valence-electron chi connectivity index (χ2n) is 7.27. The number of hydrogen-bond donors (Lipinski definition) is 0. The molecular weight excluding hydrogens is 419 g/mol. The van der Waals surface area contributed by atoms with Crippen LogP contribution in [0.4, 0.5) is 0 Å². The summed E-state index contributed by atoms with van der Waals surface area (Å²) in [6.45, 7) is 4.70. The van der Waals surface area contributed by atoms with Gasteiger partial charge in [-0.2, -0.15) is 0 Å². The van der Waals surface area contributed by atoms with Gasteiger partial charge in [0.25, 0.3) is 0 Å². The minimum atomic E-state index is 0.302. The van der Waals surface area contributed by atoms with Gasteiger partial charge in [-0.1, -0.05) is 0 Å². The van der Waals surface area contributed by atoms with E-state index in [4.69, 9.17) is 0 Å². The van der Waals surface area contributed by atoms with Gasteiger partial charge in [0.05, 0.1) is 0 Å². The van der Waals surface area contributed by atoms with Crippen molar-refractivity contribution in [3.05, 3.63) is 80.7 Å². The SMILES string of the molecule is Cc1[se]c(C)c2c1SCC(Cc1ccccc1)(Cc1ccccc1)CS2. The summed E-state index contributed by atoms with van der Waals surface area (Å²) in [5.41, 5.74) is 3.24. The first kappa shape index (κ1) is 18.5. The minimum absolute atomic E-state index is 0.302. The molecule has 134 valence electrons. The molecule has 0 amide bonds. The number of thioether (sulfide) groups is 2. The van der Waals surface area contributed by atoms with Gasteiger partial charge in [0.1, 0.15) is 0 Å². The van der Waals surface area contributed by atoms with Crippen LogP contribution in [0.5, 0.6) is 0 Å². The molecule has 1 aliphatic heterocycles. The van der Waals surface area contributed by atoms with Gasteiger partial charge in [0, 0.05) is 0 Å². The molecule has 1 aromatic heterocycles. The van der Waals surface area contributed by atoms with Gasteiger partial charge < -0.3 is 0 Å². The van der Waals surface area contributed by atoms with Crippen molar-refractivity contribution in [1.82, 2.24) is 0 Å². The molecule has 0 N–H and O–H groups in total. The summed E-state index contributed by atoms with van der Waals surface area (Å²) in [4.78, 5) is 3.21. The molecule has 2 heterocycles. The molecule has 0 unspecified atom stereocenters. The Morgan fingerprint density at radius 1 is 0.731 bits per heavy atom. The zero-order valence-electron chi connectivity index (χ0n) is 15.3. The van der Waals surface area contributed by atoms with Crippen LogP contribution in [-0.2, 0) is 12.8 Å². The van der Waals surface area contributed by atoms with Gasteiger partial charge in [-0.25, -0.2) is 0 Å². The second-order valence-corrected chi connectivity index (χ2v) is 12.2. The van der Waals surface area contributed by atoms with Crippen LogP contribution < -0.4 is 0 Å². The number of rotatable bonds is 4. The maximum atomic E-state index is 2.35. The average Bonchev–Trinajstić information content (AvgIpc) is 2.80. The molecule has 1 aliphatic rings. The molecule has 3 heteroatoms. The predicted molar refractivity (Wildman–Crippen MR) is 117 cm³/mol. The summed E-state index contributed by atoms with van der Waals surface area (Å²) in [7, 11) is 0. The molecule has 26 heavy (non-hydrogen) atoms. The molecule has 0 saturated heterocycles. The standard InChI is InChI=1S/C23H24S2Se/c1-17-21-22(18(2)26-17)25-16-23(15-24-21,13-19-9-5-3-6-10-19)14-20-11-7-4-8-12-20/h3-12H,13-16H2,1-2H3. The van der Waals surface area contributed by atoms with Crippen molar-refractivity contribution in [2.45, 2.75) is 36.5 Å². The molecule has 2 aromatic carbocycles. The summed E-state index contributed by atoms with van der Waals surface area (Å²) in [5.74, 6) is 2.42. The van der Waals surface area contributed by atoms with E-state index in [1.807, 2.05) is 0 Å².